The van der Waals surface area contributed by atoms with Crippen LogP contribution < -0.4 is 5.73 Å². The average Bonchev–Trinajstić information content (AvgIpc) is 2.35. The van der Waals surface area contributed by atoms with Crippen molar-refractivity contribution >= 4 is 40.7 Å². The molecular formula is C13H8Cl2N2S. The van der Waals surface area contributed by atoms with Gasteiger partial charge in [-0.05, 0) is 30.3 Å². The molecule has 0 aliphatic heterocycles. The van der Waals surface area contributed by atoms with Gasteiger partial charge >= 0.3 is 0 Å². The molecule has 2 aromatic carbocycles. The summed E-state index contributed by atoms with van der Waals surface area (Å²) in [5, 5.41) is 9.94. The van der Waals surface area contributed by atoms with Gasteiger partial charge in [0.2, 0.25) is 0 Å². The zero-order valence-corrected chi connectivity index (χ0v) is 11.5. The lowest BCUT2D eigenvalue weighted by atomic mass is 10.2. The summed E-state index contributed by atoms with van der Waals surface area (Å²) in [6, 6.07) is 12.5. The van der Waals surface area contributed by atoms with Crippen molar-refractivity contribution < 1.29 is 0 Å². The zero-order valence-electron chi connectivity index (χ0n) is 9.15. The molecule has 0 aliphatic carbocycles. The SMILES string of the molecule is N#Cc1ccc(Sc2c(Cl)cccc2Cl)c(N)c1. The number of nitrogen functional groups attached to an aromatic ring is 1. The number of anilines is 1. The summed E-state index contributed by atoms with van der Waals surface area (Å²) in [5.41, 5.74) is 6.95. The normalized spacial score (nSPS) is 10.1. The third-order valence-electron chi connectivity index (χ3n) is 2.27. The van der Waals surface area contributed by atoms with Gasteiger partial charge in [0.05, 0.1) is 21.7 Å². The minimum absolute atomic E-state index is 0.530. The van der Waals surface area contributed by atoms with Gasteiger partial charge in [-0.25, -0.2) is 0 Å². The zero-order chi connectivity index (χ0) is 13.1. The van der Waals surface area contributed by atoms with Crippen molar-refractivity contribution in [1.29, 1.82) is 5.26 Å². The first-order chi connectivity index (χ1) is 8.61. The van der Waals surface area contributed by atoms with Crippen LogP contribution >= 0.6 is 35.0 Å². The Balaban J connectivity index is 2.38. The van der Waals surface area contributed by atoms with E-state index in [4.69, 9.17) is 34.2 Å². The van der Waals surface area contributed by atoms with Gasteiger partial charge in [-0.2, -0.15) is 5.26 Å². The minimum Gasteiger partial charge on any atom is -0.398 e. The Morgan fingerprint density at radius 3 is 2.33 bits per heavy atom. The molecule has 0 aromatic heterocycles. The van der Waals surface area contributed by atoms with E-state index < -0.39 is 0 Å². The van der Waals surface area contributed by atoms with Gasteiger partial charge in [-0.3, -0.25) is 0 Å². The predicted octanol–water partition coefficient (Wildman–Crippen LogP) is 4.60. The number of nitrogens with two attached hydrogens (primary N) is 1. The molecule has 0 saturated carbocycles. The fraction of sp³-hybridized carbons (Fsp3) is 0. The third kappa shape index (κ3) is 2.73. The third-order valence-corrected chi connectivity index (χ3v) is 4.36. The van der Waals surface area contributed by atoms with E-state index in [0.717, 1.165) is 9.79 Å². The van der Waals surface area contributed by atoms with Crippen molar-refractivity contribution in [2.24, 2.45) is 0 Å². The maximum absolute atomic E-state index is 8.78. The average molecular weight is 295 g/mol. The van der Waals surface area contributed by atoms with Crippen LogP contribution in [-0.2, 0) is 0 Å². The number of nitrogens with zero attached hydrogens (tertiary/aromatic N) is 1. The van der Waals surface area contributed by atoms with Crippen molar-refractivity contribution in [3.8, 4) is 6.07 Å². The van der Waals surface area contributed by atoms with E-state index in [1.165, 1.54) is 11.8 Å². The van der Waals surface area contributed by atoms with Crippen LogP contribution in [-0.4, -0.2) is 0 Å². The highest BCUT2D eigenvalue weighted by Crippen LogP contribution is 2.40. The van der Waals surface area contributed by atoms with Crippen LogP contribution in [0.5, 0.6) is 0 Å². The Morgan fingerprint density at radius 2 is 1.78 bits per heavy atom. The standard InChI is InChI=1S/C13H8Cl2N2S/c14-9-2-1-3-10(15)13(9)18-12-5-4-8(7-16)6-11(12)17/h1-6H,17H2. The van der Waals surface area contributed by atoms with Crippen molar-refractivity contribution in [2.75, 3.05) is 5.73 Å². The molecule has 2 rings (SSSR count). The largest absolute Gasteiger partial charge is 0.398 e. The molecule has 0 aliphatic rings. The molecule has 0 saturated heterocycles. The smallest absolute Gasteiger partial charge is 0.0992 e. The van der Waals surface area contributed by atoms with Gasteiger partial charge in [-0.15, -0.1) is 0 Å². The Labute approximate surface area is 119 Å². The lowest BCUT2D eigenvalue weighted by molar-refractivity contribution is 1.39. The number of hydrogen-bond donors (Lipinski definition) is 1. The van der Waals surface area contributed by atoms with E-state index in [0.29, 0.717) is 21.3 Å². The minimum atomic E-state index is 0.530. The van der Waals surface area contributed by atoms with Gasteiger partial charge in [0.1, 0.15) is 0 Å². The molecule has 0 radical (unpaired) electrons. The molecule has 90 valence electrons. The summed E-state index contributed by atoms with van der Waals surface area (Å²) in [6.07, 6.45) is 0. The van der Waals surface area contributed by atoms with Crippen molar-refractivity contribution in [2.45, 2.75) is 9.79 Å². The highest BCUT2D eigenvalue weighted by molar-refractivity contribution is 7.99. The Hall–Kier alpha value is -1.34. The Morgan fingerprint density at radius 1 is 1.11 bits per heavy atom. The van der Waals surface area contributed by atoms with E-state index in [2.05, 4.69) is 0 Å². The lowest BCUT2D eigenvalue weighted by Gasteiger charge is -2.08. The highest BCUT2D eigenvalue weighted by Gasteiger charge is 2.09. The number of rotatable bonds is 2. The van der Waals surface area contributed by atoms with Crippen molar-refractivity contribution in [3.05, 3.63) is 52.0 Å². The van der Waals surface area contributed by atoms with Crippen LogP contribution in [0.3, 0.4) is 0 Å². The number of hydrogen-bond acceptors (Lipinski definition) is 3. The first-order valence-electron chi connectivity index (χ1n) is 5.03. The topological polar surface area (TPSA) is 49.8 Å². The van der Waals surface area contributed by atoms with E-state index in [-0.39, 0.29) is 0 Å². The van der Waals surface area contributed by atoms with E-state index in [9.17, 15) is 0 Å². The van der Waals surface area contributed by atoms with Gasteiger partial charge in [-0.1, -0.05) is 41.0 Å². The number of nitriles is 1. The molecule has 0 amide bonds. The molecule has 5 heteroatoms. The van der Waals surface area contributed by atoms with Gasteiger partial charge in [0.15, 0.2) is 0 Å². The van der Waals surface area contributed by atoms with Crippen molar-refractivity contribution in [3.63, 3.8) is 0 Å². The summed E-state index contributed by atoms with van der Waals surface area (Å²) in [6.45, 7) is 0. The molecule has 0 bridgehead atoms. The monoisotopic (exact) mass is 294 g/mol. The van der Waals surface area contributed by atoms with Crippen LogP contribution in [0.4, 0.5) is 5.69 Å². The molecule has 0 heterocycles. The lowest BCUT2D eigenvalue weighted by Crippen LogP contribution is -1.90. The molecule has 0 unspecified atom stereocenters. The number of halogens is 2. The van der Waals surface area contributed by atoms with Crippen LogP contribution in [0.1, 0.15) is 5.56 Å². The second-order valence-electron chi connectivity index (χ2n) is 3.52. The van der Waals surface area contributed by atoms with Gasteiger partial charge in [0.25, 0.3) is 0 Å². The molecule has 2 aromatic rings. The Bertz CT molecular complexity index is 615. The summed E-state index contributed by atoms with van der Waals surface area (Å²) < 4.78 is 0. The summed E-state index contributed by atoms with van der Waals surface area (Å²) in [4.78, 5) is 1.58. The maximum atomic E-state index is 8.78. The fourth-order valence-electron chi connectivity index (χ4n) is 1.40. The van der Waals surface area contributed by atoms with Crippen molar-refractivity contribution in [1.82, 2.24) is 0 Å². The fourth-order valence-corrected chi connectivity index (χ4v) is 2.89. The molecule has 0 spiro atoms. The van der Waals surface area contributed by atoms with E-state index >= 15 is 0 Å². The quantitative estimate of drug-likeness (QED) is 0.824. The van der Waals surface area contributed by atoms with Crippen LogP contribution in [0.2, 0.25) is 10.0 Å². The van der Waals surface area contributed by atoms with E-state index in [1.807, 2.05) is 6.07 Å². The highest BCUT2D eigenvalue weighted by atomic mass is 35.5. The van der Waals surface area contributed by atoms with Crippen LogP contribution in [0.25, 0.3) is 0 Å². The number of benzene rings is 2. The Kier molecular flexibility index (Phi) is 4.03. The molecule has 0 atom stereocenters. The van der Waals surface area contributed by atoms with Gasteiger partial charge in [0, 0.05) is 15.5 Å². The molecule has 18 heavy (non-hydrogen) atoms. The van der Waals surface area contributed by atoms with E-state index in [1.54, 1.807) is 36.4 Å². The summed E-state index contributed by atoms with van der Waals surface area (Å²) >= 11 is 13.6. The molecule has 2 N–H and O–H groups in total. The van der Waals surface area contributed by atoms with Gasteiger partial charge < -0.3 is 5.73 Å². The van der Waals surface area contributed by atoms with Crippen LogP contribution in [0.15, 0.2) is 46.2 Å². The molecule has 2 nitrogen and oxygen atoms in total. The molecule has 0 fully saturated rings. The van der Waals surface area contributed by atoms with Crippen LogP contribution in [0, 0.1) is 11.3 Å². The predicted molar refractivity (Wildman–Crippen MR) is 76.2 cm³/mol. The summed E-state index contributed by atoms with van der Waals surface area (Å²) in [7, 11) is 0. The second-order valence-corrected chi connectivity index (χ2v) is 5.38. The first kappa shape index (κ1) is 13.1. The summed E-state index contributed by atoms with van der Waals surface area (Å²) in [5.74, 6) is 0. The molecular weight excluding hydrogens is 287 g/mol. The second kappa shape index (κ2) is 5.53. The first-order valence-corrected chi connectivity index (χ1v) is 6.60. The maximum Gasteiger partial charge on any atom is 0.0992 e.